The molecule has 0 aliphatic carbocycles. The SMILES string of the molecule is O=C(CCc1cccnc1)N1CCCCCC1CO. The molecule has 1 saturated heterocycles. The number of carbonyl (C=O) groups excluding carboxylic acids is 1. The van der Waals surface area contributed by atoms with Crippen molar-refractivity contribution >= 4 is 5.91 Å². The molecule has 19 heavy (non-hydrogen) atoms. The lowest BCUT2D eigenvalue weighted by Crippen LogP contribution is -2.42. The fraction of sp³-hybridized carbons (Fsp3) is 0.600. The third-order valence-corrected chi connectivity index (χ3v) is 3.76. The summed E-state index contributed by atoms with van der Waals surface area (Å²) in [6, 6.07) is 3.90. The van der Waals surface area contributed by atoms with Crippen LogP contribution in [-0.4, -0.2) is 40.1 Å². The molecular weight excluding hydrogens is 240 g/mol. The van der Waals surface area contributed by atoms with Gasteiger partial charge in [0.1, 0.15) is 0 Å². The number of aryl methyl sites for hydroxylation is 1. The quantitative estimate of drug-likeness (QED) is 0.900. The van der Waals surface area contributed by atoms with Gasteiger partial charge < -0.3 is 10.0 Å². The highest BCUT2D eigenvalue weighted by Crippen LogP contribution is 2.18. The molecule has 1 atom stereocenters. The third-order valence-electron chi connectivity index (χ3n) is 3.76. The normalized spacial score (nSPS) is 20.1. The van der Waals surface area contributed by atoms with Crippen LogP contribution in [0.3, 0.4) is 0 Å². The number of likely N-dealkylation sites (tertiary alicyclic amines) is 1. The van der Waals surface area contributed by atoms with Crippen LogP contribution in [0.2, 0.25) is 0 Å². The second kappa shape index (κ2) is 7.24. The van der Waals surface area contributed by atoms with Crippen molar-refractivity contribution in [3.05, 3.63) is 30.1 Å². The second-order valence-electron chi connectivity index (χ2n) is 5.13. The van der Waals surface area contributed by atoms with Crippen LogP contribution in [0.5, 0.6) is 0 Å². The molecule has 2 rings (SSSR count). The van der Waals surface area contributed by atoms with Gasteiger partial charge in [-0.05, 0) is 30.9 Å². The van der Waals surface area contributed by atoms with Crippen LogP contribution >= 0.6 is 0 Å². The molecule has 1 aromatic rings. The van der Waals surface area contributed by atoms with Gasteiger partial charge in [-0.2, -0.15) is 0 Å². The van der Waals surface area contributed by atoms with Gasteiger partial charge in [-0.1, -0.05) is 18.9 Å². The molecule has 104 valence electrons. The van der Waals surface area contributed by atoms with E-state index >= 15 is 0 Å². The lowest BCUT2D eigenvalue weighted by Gasteiger charge is -2.28. The van der Waals surface area contributed by atoms with E-state index in [1.54, 1.807) is 12.4 Å². The highest BCUT2D eigenvalue weighted by atomic mass is 16.3. The molecular formula is C15H22N2O2. The maximum absolute atomic E-state index is 12.3. The second-order valence-corrected chi connectivity index (χ2v) is 5.13. The molecule has 1 aliphatic rings. The Balaban J connectivity index is 1.90. The number of hydrogen-bond acceptors (Lipinski definition) is 3. The number of nitrogens with zero attached hydrogens (tertiary/aromatic N) is 2. The van der Waals surface area contributed by atoms with Gasteiger partial charge in [-0.3, -0.25) is 9.78 Å². The van der Waals surface area contributed by atoms with Crippen LogP contribution in [-0.2, 0) is 11.2 Å². The molecule has 0 bridgehead atoms. The summed E-state index contributed by atoms with van der Waals surface area (Å²) < 4.78 is 0. The maximum Gasteiger partial charge on any atom is 0.223 e. The fourth-order valence-corrected chi connectivity index (χ4v) is 2.64. The number of rotatable bonds is 4. The maximum atomic E-state index is 12.3. The monoisotopic (exact) mass is 262 g/mol. The summed E-state index contributed by atoms with van der Waals surface area (Å²) in [6.45, 7) is 0.871. The largest absolute Gasteiger partial charge is 0.394 e. The van der Waals surface area contributed by atoms with E-state index in [-0.39, 0.29) is 18.6 Å². The van der Waals surface area contributed by atoms with Crippen molar-refractivity contribution in [1.29, 1.82) is 0 Å². The molecule has 4 heteroatoms. The lowest BCUT2D eigenvalue weighted by atomic mass is 10.1. The summed E-state index contributed by atoms with van der Waals surface area (Å²) in [5, 5.41) is 9.42. The van der Waals surface area contributed by atoms with E-state index in [0.717, 1.165) is 44.2 Å². The first-order valence-electron chi connectivity index (χ1n) is 7.10. The van der Waals surface area contributed by atoms with E-state index in [9.17, 15) is 9.90 Å². The molecule has 0 spiro atoms. The minimum Gasteiger partial charge on any atom is -0.394 e. The van der Waals surface area contributed by atoms with Crippen molar-refractivity contribution in [3.63, 3.8) is 0 Å². The van der Waals surface area contributed by atoms with Gasteiger partial charge in [0.05, 0.1) is 12.6 Å². The minimum atomic E-state index is 0.0175. The molecule has 1 N–H and O–H groups in total. The lowest BCUT2D eigenvalue weighted by molar-refractivity contribution is -0.134. The summed E-state index contributed by atoms with van der Waals surface area (Å²) in [4.78, 5) is 18.2. The molecule has 4 nitrogen and oxygen atoms in total. The number of amides is 1. The van der Waals surface area contributed by atoms with E-state index in [1.807, 2.05) is 17.0 Å². The van der Waals surface area contributed by atoms with Crippen LogP contribution in [0.4, 0.5) is 0 Å². The number of pyridine rings is 1. The zero-order valence-electron chi connectivity index (χ0n) is 11.3. The van der Waals surface area contributed by atoms with Gasteiger partial charge in [-0.25, -0.2) is 0 Å². The van der Waals surface area contributed by atoms with E-state index in [4.69, 9.17) is 0 Å². The highest BCUT2D eigenvalue weighted by Gasteiger charge is 2.24. The van der Waals surface area contributed by atoms with Gasteiger partial charge in [0.25, 0.3) is 0 Å². The van der Waals surface area contributed by atoms with Crippen molar-refractivity contribution in [2.45, 2.75) is 44.6 Å². The Bertz CT molecular complexity index is 394. The molecule has 2 heterocycles. The van der Waals surface area contributed by atoms with Gasteiger partial charge in [0, 0.05) is 25.4 Å². The predicted octanol–water partition coefficient (Wildman–Crippen LogP) is 1.78. The van der Waals surface area contributed by atoms with Crippen molar-refractivity contribution in [2.75, 3.05) is 13.2 Å². The summed E-state index contributed by atoms with van der Waals surface area (Å²) in [6.07, 6.45) is 9.01. The summed E-state index contributed by atoms with van der Waals surface area (Å²) in [5.41, 5.74) is 1.09. The fourth-order valence-electron chi connectivity index (χ4n) is 2.64. The topological polar surface area (TPSA) is 53.4 Å². The molecule has 0 radical (unpaired) electrons. The van der Waals surface area contributed by atoms with Crippen LogP contribution < -0.4 is 0 Å². The van der Waals surface area contributed by atoms with E-state index in [0.29, 0.717) is 6.42 Å². The first kappa shape index (κ1) is 14.0. The molecule has 0 aromatic carbocycles. The van der Waals surface area contributed by atoms with E-state index < -0.39 is 0 Å². The summed E-state index contributed by atoms with van der Waals surface area (Å²) >= 11 is 0. The van der Waals surface area contributed by atoms with Crippen molar-refractivity contribution < 1.29 is 9.90 Å². The standard InChI is InChI=1S/C15H22N2O2/c18-12-14-6-2-1-3-10-17(14)15(19)8-7-13-5-4-9-16-11-13/h4-5,9,11,14,18H,1-3,6-8,10,12H2. The van der Waals surface area contributed by atoms with E-state index in [2.05, 4.69) is 4.98 Å². The molecule has 1 fully saturated rings. The van der Waals surface area contributed by atoms with Gasteiger partial charge >= 0.3 is 0 Å². The smallest absolute Gasteiger partial charge is 0.223 e. The molecule has 1 unspecified atom stereocenters. The number of carbonyl (C=O) groups is 1. The minimum absolute atomic E-state index is 0.0175. The molecule has 1 amide bonds. The van der Waals surface area contributed by atoms with Gasteiger partial charge in [0.15, 0.2) is 0 Å². The Hall–Kier alpha value is -1.42. The molecule has 1 aliphatic heterocycles. The van der Waals surface area contributed by atoms with Crippen molar-refractivity contribution in [1.82, 2.24) is 9.88 Å². The Kier molecular flexibility index (Phi) is 5.33. The zero-order valence-corrected chi connectivity index (χ0v) is 11.3. The number of hydrogen-bond donors (Lipinski definition) is 1. The van der Waals surface area contributed by atoms with Gasteiger partial charge in [-0.15, -0.1) is 0 Å². The Labute approximate surface area is 114 Å². The zero-order chi connectivity index (χ0) is 13.5. The number of aliphatic hydroxyl groups is 1. The summed E-state index contributed by atoms with van der Waals surface area (Å²) in [5.74, 6) is 0.157. The summed E-state index contributed by atoms with van der Waals surface area (Å²) in [7, 11) is 0. The third kappa shape index (κ3) is 4.03. The Morgan fingerprint density at radius 2 is 2.32 bits per heavy atom. The Morgan fingerprint density at radius 1 is 1.42 bits per heavy atom. The van der Waals surface area contributed by atoms with Crippen molar-refractivity contribution in [3.8, 4) is 0 Å². The average molecular weight is 262 g/mol. The predicted molar refractivity (Wildman–Crippen MR) is 73.6 cm³/mol. The van der Waals surface area contributed by atoms with Crippen LogP contribution in [0, 0.1) is 0 Å². The van der Waals surface area contributed by atoms with Crippen LogP contribution in [0.15, 0.2) is 24.5 Å². The molecule has 0 saturated carbocycles. The highest BCUT2D eigenvalue weighted by molar-refractivity contribution is 5.76. The molecule has 1 aromatic heterocycles. The van der Waals surface area contributed by atoms with Gasteiger partial charge in [0.2, 0.25) is 5.91 Å². The Morgan fingerprint density at radius 3 is 3.05 bits per heavy atom. The van der Waals surface area contributed by atoms with E-state index in [1.165, 1.54) is 0 Å². The first-order chi connectivity index (χ1) is 9.31. The first-order valence-corrected chi connectivity index (χ1v) is 7.10. The number of aliphatic hydroxyl groups excluding tert-OH is 1. The average Bonchev–Trinajstić information content (AvgIpc) is 2.71. The van der Waals surface area contributed by atoms with Crippen LogP contribution in [0.25, 0.3) is 0 Å². The van der Waals surface area contributed by atoms with Crippen molar-refractivity contribution in [2.24, 2.45) is 0 Å². The number of aromatic nitrogens is 1. The van der Waals surface area contributed by atoms with Crippen LogP contribution in [0.1, 0.15) is 37.7 Å².